The third-order valence-corrected chi connectivity index (χ3v) is 8.96. The quantitative estimate of drug-likeness (QED) is 0.389. The molecule has 7 heteroatoms. The van der Waals surface area contributed by atoms with Gasteiger partial charge in [0.2, 0.25) is 0 Å². The van der Waals surface area contributed by atoms with Gasteiger partial charge in [0.1, 0.15) is 5.78 Å². The summed E-state index contributed by atoms with van der Waals surface area (Å²) < 4.78 is 9.46. The van der Waals surface area contributed by atoms with Crippen molar-refractivity contribution < 1.29 is 24.2 Å². The van der Waals surface area contributed by atoms with Gasteiger partial charge in [-0.3, -0.25) is 9.59 Å². The van der Waals surface area contributed by atoms with Crippen LogP contribution in [0.5, 0.6) is 0 Å². The number of methoxy groups -OCH3 is 1. The summed E-state index contributed by atoms with van der Waals surface area (Å²) in [5, 5.41) is 27.2. The second-order valence-electron chi connectivity index (χ2n) is 12.3. The lowest BCUT2D eigenvalue weighted by atomic mass is 9.61. The van der Waals surface area contributed by atoms with E-state index >= 15 is 0 Å². The molecule has 0 aromatic rings. The number of Topliss-reactive ketones (excluding diaryl/α,β-unsaturated/α-hetero) is 2. The maximum Gasteiger partial charge on any atom is 0.158 e. The van der Waals surface area contributed by atoms with Crippen LogP contribution in [-0.2, 0) is 19.1 Å². The zero-order valence-corrected chi connectivity index (χ0v) is 25.8. The molecule has 4 aliphatic rings. The van der Waals surface area contributed by atoms with Crippen LogP contribution in [0.2, 0.25) is 0 Å². The SMILES string of the molecule is C1CCOC1.CC(C)[C@H]1CC(=O)[C@]2(C)[C@@H](O)C[C@@H](C#N)[C@@H]2C1.CC1=CC[C@@H](C(C)C)CC1=O.COC=CCC#N. The molecule has 2 saturated carbocycles. The molecule has 0 amide bonds. The highest BCUT2D eigenvalue weighted by Crippen LogP contribution is 2.55. The fourth-order valence-corrected chi connectivity index (χ4v) is 5.77. The minimum absolute atomic E-state index is 0.0520. The van der Waals surface area contributed by atoms with E-state index in [4.69, 9.17) is 10.00 Å². The van der Waals surface area contributed by atoms with Gasteiger partial charge in [-0.1, -0.05) is 33.8 Å². The average Bonchev–Trinajstić information content (AvgIpc) is 3.58. The molecule has 0 spiro atoms. The van der Waals surface area contributed by atoms with Crippen molar-refractivity contribution in [3.05, 3.63) is 24.0 Å². The molecule has 40 heavy (non-hydrogen) atoms. The molecule has 6 atom stereocenters. The summed E-state index contributed by atoms with van der Waals surface area (Å²) in [6, 6.07) is 4.22. The van der Waals surface area contributed by atoms with Crippen LogP contribution in [0.3, 0.4) is 0 Å². The summed E-state index contributed by atoms with van der Waals surface area (Å²) in [4.78, 5) is 23.6. The van der Waals surface area contributed by atoms with Gasteiger partial charge in [0.05, 0.1) is 49.4 Å². The van der Waals surface area contributed by atoms with Crippen LogP contribution >= 0.6 is 0 Å². The molecular weight excluding hydrogens is 504 g/mol. The van der Waals surface area contributed by atoms with Gasteiger partial charge in [0, 0.05) is 26.1 Å². The Kier molecular flexibility index (Phi) is 16.0. The van der Waals surface area contributed by atoms with Crippen LogP contribution < -0.4 is 0 Å². The monoisotopic (exact) mass is 556 g/mol. The van der Waals surface area contributed by atoms with E-state index in [2.05, 4.69) is 44.6 Å². The maximum absolute atomic E-state index is 12.3. The van der Waals surface area contributed by atoms with Crippen molar-refractivity contribution in [3.63, 3.8) is 0 Å². The summed E-state index contributed by atoms with van der Waals surface area (Å²) in [5.41, 5.74) is 0.299. The Hall–Kier alpha value is -2.48. The van der Waals surface area contributed by atoms with Gasteiger partial charge in [-0.15, -0.1) is 0 Å². The van der Waals surface area contributed by atoms with Crippen molar-refractivity contribution in [2.45, 2.75) is 99.0 Å². The smallest absolute Gasteiger partial charge is 0.158 e. The Morgan fingerprint density at radius 3 is 2.17 bits per heavy atom. The van der Waals surface area contributed by atoms with Gasteiger partial charge in [-0.05, 0) is 87.2 Å². The summed E-state index contributed by atoms with van der Waals surface area (Å²) in [5.74, 6) is 2.49. The van der Waals surface area contributed by atoms with E-state index in [0.29, 0.717) is 48.7 Å². The topological polar surface area (TPSA) is 120 Å². The molecule has 1 N–H and O–H groups in total. The molecule has 3 fully saturated rings. The number of carbonyl (C=O) groups excluding carboxylic acids is 2. The lowest BCUT2D eigenvalue weighted by Gasteiger charge is -2.42. The van der Waals surface area contributed by atoms with E-state index in [1.165, 1.54) is 19.1 Å². The summed E-state index contributed by atoms with van der Waals surface area (Å²) in [7, 11) is 1.55. The van der Waals surface area contributed by atoms with Crippen molar-refractivity contribution in [2.75, 3.05) is 20.3 Å². The highest BCUT2D eigenvalue weighted by atomic mass is 16.5. The Bertz CT molecular complexity index is 930. The van der Waals surface area contributed by atoms with Gasteiger partial charge in [-0.2, -0.15) is 10.5 Å². The first-order valence-corrected chi connectivity index (χ1v) is 14.9. The third kappa shape index (κ3) is 10.5. The normalized spacial score (nSPS) is 31.0. The summed E-state index contributed by atoms with van der Waals surface area (Å²) in [6.07, 6.45) is 11.4. The van der Waals surface area contributed by atoms with E-state index in [-0.39, 0.29) is 17.6 Å². The number of allylic oxidation sites excluding steroid dienone is 3. The lowest BCUT2D eigenvalue weighted by Crippen LogP contribution is -2.47. The predicted molar refractivity (Wildman–Crippen MR) is 157 cm³/mol. The van der Waals surface area contributed by atoms with Crippen LogP contribution in [0.1, 0.15) is 92.9 Å². The molecule has 0 aromatic carbocycles. The van der Waals surface area contributed by atoms with Crippen molar-refractivity contribution in [2.24, 2.45) is 40.9 Å². The standard InChI is InChI=1S/C14H21NO2.C10H16O.C5H7NO.C4H8O/c1-8(2)9-4-11-10(7-15)6-13(17)14(11,3)12(16)5-9;1-7(2)9-5-4-8(3)10(11)6-9;1-7-5-3-2-4-6;1-2-4-5-3-1/h8-11,13,17H,4-6H2,1-3H3;4,7,9H,5-6H2,1-3H3;3,5H,2H2,1H3;1-4H2/t9-,10+,11+,13+,14-;9-;;/m11../s1. The number of ether oxygens (including phenoxy) is 2. The minimum Gasteiger partial charge on any atom is -0.505 e. The Morgan fingerprint density at radius 2 is 1.73 bits per heavy atom. The van der Waals surface area contributed by atoms with Crippen LogP contribution in [0.15, 0.2) is 24.0 Å². The van der Waals surface area contributed by atoms with E-state index in [1.54, 1.807) is 13.2 Å². The third-order valence-electron chi connectivity index (χ3n) is 8.96. The first-order chi connectivity index (χ1) is 18.9. The second-order valence-corrected chi connectivity index (χ2v) is 12.3. The molecule has 0 bridgehead atoms. The van der Waals surface area contributed by atoms with E-state index in [9.17, 15) is 20.0 Å². The summed E-state index contributed by atoms with van der Waals surface area (Å²) >= 11 is 0. The van der Waals surface area contributed by atoms with Gasteiger partial charge in [0.15, 0.2) is 5.78 Å². The van der Waals surface area contributed by atoms with Gasteiger partial charge in [0.25, 0.3) is 0 Å². The number of fused-ring (bicyclic) bond motifs is 1. The van der Waals surface area contributed by atoms with Crippen LogP contribution in [0.4, 0.5) is 0 Å². The highest BCUT2D eigenvalue weighted by molar-refractivity contribution is 5.95. The number of aliphatic hydroxyl groups excluding tert-OH is 1. The molecule has 3 aliphatic carbocycles. The van der Waals surface area contributed by atoms with Crippen LogP contribution in [0.25, 0.3) is 0 Å². The molecule has 224 valence electrons. The minimum atomic E-state index is -0.661. The number of rotatable bonds is 4. The number of hydrogen-bond acceptors (Lipinski definition) is 7. The van der Waals surface area contributed by atoms with Gasteiger partial charge in [-0.25, -0.2) is 0 Å². The van der Waals surface area contributed by atoms with Crippen molar-refractivity contribution >= 4 is 11.6 Å². The average molecular weight is 557 g/mol. The molecule has 0 aromatic heterocycles. The zero-order valence-electron chi connectivity index (χ0n) is 25.8. The number of ketones is 2. The van der Waals surface area contributed by atoms with Crippen molar-refractivity contribution in [1.29, 1.82) is 10.5 Å². The zero-order chi connectivity index (χ0) is 30.3. The van der Waals surface area contributed by atoms with Crippen LogP contribution in [-0.4, -0.2) is 43.1 Å². The number of hydrogen-bond donors (Lipinski definition) is 1. The van der Waals surface area contributed by atoms with E-state index in [0.717, 1.165) is 38.0 Å². The maximum atomic E-state index is 12.3. The molecular formula is C33H52N2O5. The molecule has 0 unspecified atom stereocenters. The Morgan fingerprint density at radius 1 is 1.10 bits per heavy atom. The largest absolute Gasteiger partial charge is 0.505 e. The van der Waals surface area contributed by atoms with E-state index in [1.807, 2.05) is 19.9 Å². The van der Waals surface area contributed by atoms with Crippen molar-refractivity contribution in [1.82, 2.24) is 0 Å². The first-order valence-electron chi connectivity index (χ1n) is 14.9. The van der Waals surface area contributed by atoms with Gasteiger partial charge < -0.3 is 14.6 Å². The predicted octanol–water partition coefficient (Wildman–Crippen LogP) is 6.57. The van der Waals surface area contributed by atoms with Crippen molar-refractivity contribution in [3.8, 4) is 12.1 Å². The Labute approximate surface area is 242 Å². The summed E-state index contributed by atoms with van der Waals surface area (Å²) in [6.45, 7) is 14.4. The van der Waals surface area contributed by atoms with E-state index < -0.39 is 11.5 Å². The fraction of sp³-hybridized carbons (Fsp3) is 0.758. The molecule has 0 radical (unpaired) electrons. The molecule has 1 aliphatic heterocycles. The fourth-order valence-electron chi connectivity index (χ4n) is 5.77. The molecule has 7 nitrogen and oxygen atoms in total. The number of nitrogens with zero attached hydrogens (tertiary/aromatic N) is 2. The lowest BCUT2D eigenvalue weighted by molar-refractivity contribution is -0.142. The number of aliphatic hydroxyl groups is 1. The molecule has 1 saturated heterocycles. The second kappa shape index (κ2) is 18.1. The first kappa shape index (κ1) is 35.5. The highest BCUT2D eigenvalue weighted by Gasteiger charge is 2.58. The van der Waals surface area contributed by atoms with Crippen LogP contribution in [0, 0.1) is 63.6 Å². The molecule has 4 rings (SSSR count). The Balaban J connectivity index is 0.000000297. The van der Waals surface area contributed by atoms with Gasteiger partial charge >= 0.3 is 0 Å². The molecule has 1 heterocycles. The number of carbonyl (C=O) groups is 2. The number of nitriles is 2.